The van der Waals surface area contributed by atoms with E-state index < -0.39 is 32.5 Å². The highest BCUT2D eigenvalue weighted by Crippen LogP contribution is 2.36. The van der Waals surface area contributed by atoms with E-state index in [9.17, 15) is 14.2 Å². The first-order valence-corrected chi connectivity index (χ1v) is 22.7. The molecule has 0 aromatic rings. The molecule has 0 spiro atoms. The topological polar surface area (TPSA) is 119 Å². The number of unbranched alkanes of at least 4 members (excludes halogenated alkanes) is 9. The zero-order valence-electron chi connectivity index (χ0n) is 34.7. The van der Waals surface area contributed by atoms with Crippen LogP contribution in [-0.2, 0) is 28.2 Å². The fourth-order valence-corrected chi connectivity index (χ4v) is 5.51. The van der Waals surface area contributed by atoms with Crippen molar-refractivity contribution in [3.05, 3.63) is 109 Å². The quantitative estimate of drug-likeness (QED) is 0.0276. The van der Waals surface area contributed by atoms with E-state index >= 15 is 0 Å². The average Bonchev–Trinajstić information content (AvgIpc) is 3.17. The van der Waals surface area contributed by atoms with Gasteiger partial charge in [-0.1, -0.05) is 149 Å². The summed E-state index contributed by atoms with van der Waals surface area (Å²) < 4.78 is 26.3. The molecule has 2 N–H and O–H groups in total. The minimum absolute atomic E-state index is 0.160. The molecule has 0 heterocycles. The Bertz CT molecular complexity index is 1260. The molecule has 0 bridgehead atoms. The van der Waals surface area contributed by atoms with Crippen LogP contribution in [0.3, 0.4) is 0 Å². The summed E-state index contributed by atoms with van der Waals surface area (Å²) in [5.41, 5.74) is 0. The van der Waals surface area contributed by atoms with Crippen molar-refractivity contribution in [3.8, 4) is 0 Å². The molecule has 8 nitrogen and oxygen atoms in total. The maximum Gasteiger partial charge on any atom is 0.469 e. The maximum absolute atomic E-state index is 12.4. The fraction of sp³-hybridized carbons (Fsp3) is 0.574. The van der Waals surface area contributed by atoms with E-state index in [-0.39, 0.29) is 19.4 Å². The second-order valence-electron chi connectivity index (χ2n) is 13.6. The second kappa shape index (κ2) is 41.3. The summed E-state index contributed by atoms with van der Waals surface area (Å²) in [6.07, 6.45) is 58.0. The van der Waals surface area contributed by atoms with Crippen LogP contribution in [0.2, 0.25) is 0 Å². The number of rotatable bonds is 37. The first-order chi connectivity index (χ1) is 27.3. The predicted molar refractivity (Wildman–Crippen MR) is 234 cm³/mol. The van der Waals surface area contributed by atoms with Gasteiger partial charge < -0.3 is 19.3 Å². The van der Waals surface area contributed by atoms with Crippen LogP contribution in [0.15, 0.2) is 109 Å². The number of hydrogen-bond donors (Lipinski definition) is 2. The van der Waals surface area contributed by atoms with Crippen molar-refractivity contribution in [2.24, 2.45) is 0 Å². The largest absolute Gasteiger partial charge is 0.469 e. The molecule has 1 atom stereocenters. The van der Waals surface area contributed by atoms with Gasteiger partial charge in [0.2, 0.25) is 0 Å². The van der Waals surface area contributed by atoms with Crippen LogP contribution in [0, 0.1) is 0 Å². The standard InChI is InChI=1S/C47H75O8P/c1-3-5-7-9-11-13-15-17-19-21-23-25-27-29-31-33-35-37-39-41-46(48)53-43-45(44-54-56(50,51)52)55-47(49)42-40-38-36-34-32-30-28-26-24-22-20-18-16-14-12-10-8-6-4-2/h5,7,11-14,17-20,23-26,29-32,45H,3-4,6,8-10,15-16,21-22,27-28,33-44H2,1-2H3,(H2,50,51,52)/b7-5+,13-11+,14-12+,19-17+,20-18+,25-23+,26-24+,31-29+,32-30+/t45-/m1/s1. The van der Waals surface area contributed by atoms with Gasteiger partial charge in [0.05, 0.1) is 6.61 Å². The molecule has 0 saturated heterocycles. The van der Waals surface area contributed by atoms with E-state index in [4.69, 9.17) is 19.3 Å². The number of ether oxygens (including phenoxy) is 2. The second-order valence-corrected chi connectivity index (χ2v) is 14.8. The Hall–Kier alpha value is -3.29. The number of hydrogen-bond acceptors (Lipinski definition) is 6. The van der Waals surface area contributed by atoms with Gasteiger partial charge in [0.1, 0.15) is 6.61 Å². The van der Waals surface area contributed by atoms with E-state index in [1.165, 1.54) is 25.7 Å². The van der Waals surface area contributed by atoms with Crippen molar-refractivity contribution in [3.63, 3.8) is 0 Å². The van der Waals surface area contributed by atoms with Crippen LogP contribution < -0.4 is 0 Å². The molecular formula is C47H75O8P. The fourth-order valence-electron chi connectivity index (χ4n) is 5.15. The highest BCUT2D eigenvalue weighted by molar-refractivity contribution is 7.46. The first-order valence-electron chi connectivity index (χ1n) is 21.2. The molecule has 0 amide bonds. The monoisotopic (exact) mass is 799 g/mol. The van der Waals surface area contributed by atoms with Gasteiger partial charge in [-0.05, 0) is 103 Å². The van der Waals surface area contributed by atoms with Crippen LogP contribution in [0.4, 0.5) is 0 Å². The summed E-state index contributed by atoms with van der Waals surface area (Å²) in [5, 5.41) is 0. The highest BCUT2D eigenvalue weighted by atomic mass is 31.2. The minimum Gasteiger partial charge on any atom is -0.462 e. The predicted octanol–water partition coefficient (Wildman–Crippen LogP) is 13.2. The normalized spacial score (nSPS) is 13.6. The number of carbonyl (C=O) groups is 2. The van der Waals surface area contributed by atoms with Crippen molar-refractivity contribution < 1.29 is 37.9 Å². The van der Waals surface area contributed by atoms with Crippen LogP contribution >= 0.6 is 7.82 Å². The summed E-state index contributed by atoms with van der Waals surface area (Å²) >= 11 is 0. The zero-order valence-corrected chi connectivity index (χ0v) is 35.6. The third-order valence-electron chi connectivity index (χ3n) is 8.28. The van der Waals surface area contributed by atoms with Crippen molar-refractivity contribution in [2.75, 3.05) is 13.2 Å². The van der Waals surface area contributed by atoms with E-state index in [0.717, 1.165) is 89.9 Å². The molecule has 316 valence electrons. The van der Waals surface area contributed by atoms with Crippen LogP contribution in [-0.4, -0.2) is 41.0 Å². The molecule has 0 aliphatic carbocycles. The Morgan fingerprint density at radius 2 is 0.857 bits per heavy atom. The Morgan fingerprint density at radius 3 is 1.25 bits per heavy atom. The summed E-state index contributed by atoms with van der Waals surface area (Å²) in [6.45, 7) is 3.47. The molecular weight excluding hydrogens is 723 g/mol. The number of esters is 2. The Morgan fingerprint density at radius 1 is 0.482 bits per heavy atom. The molecule has 0 aliphatic rings. The molecule has 0 aromatic heterocycles. The van der Waals surface area contributed by atoms with Crippen molar-refractivity contribution in [1.29, 1.82) is 0 Å². The van der Waals surface area contributed by atoms with Crippen molar-refractivity contribution in [1.82, 2.24) is 0 Å². The molecule has 0 aliphatic heterocycles. The number of phosphoric ester groups is 1. The number of carbonyl (C=O) groups excluding carboxylic acids is 2. The Balaban J connectivity index is 4.09. The van der Waals surface area contributed by atoms with Gasteiger partial charge in [-0.2, -0.15) is 0 Å². The highest BCUT2D eigenvalue weighted by Gasteiger charge is 2.22. The van der Waals surface area contributed by atoms with E-state index in [1.807, 2.05) is 0 Å². The first kappa shape index (κ1) is 52.7. The molecule has 0 saturated carbocycles. The molecule has 56 heavy (non-hydrogen) atoms. The maximum atomic E-state index is 12.4. The lowest BCUT2D eigenvalue weighted by Gasteiger charge is -2.18. The number of phosphoric acid groups is 1. The van der Waals surface area contributed by atoms with Gasteiger partial charge in [-0.15, -0.1) is 0 Å². The lowest BCUT2D eigenvalue weighted by molar-refractivity contribution is -0.161. The van der Waals surface area contributed by atoms with Crippen LogP contribution in [0.5, 0.6) is 0 Å². The lowest BCUT2D eigenvalue weighted by atomic mass is 10.1. The van der Waals surface area contributed by atoms with Crippen molar-refractivity contribution >= 4 is 19.8 Å². The zero-order chi connectivity index (χ0) is 41.1. The van der Waals surface area contributed by atoms with E-state index in [1.54, 1.807) is 0 Å². The van der Waals surface area contributed by atoms with Gasteiger partial charge >= 0.3 is 19.8 Å². The third-order valence-corrected chi connectivity index (χ3v) is 8.76. The smallest absolute Gasteiger partial charge is 0.462 e. The summed E-state index contributed by atoms with van der Waals surface area (Å²) in [7, 11) is -4.78. The van der Waals surface area contributed by atoms with E-state index in [0.29, 0.717) is 12.8 Å². The Labute approximate surface area is 340 Å². The third kappa shape index (κ3) is 43.4. The van der Waals surface area contributed by atoms with Gasteiger partial charge in [0, 0.05) is 12.8 Å². The van der Waals surface area contributed by atoms with E-state index in [2.05, 4.69) is 128 Å². The van der Waals surface area contributed by atoms with Gasteiger partial charge in [0.15, 0.2) is 6.10 Å². The van der Waals surface area contributed by atoms with Gasteiger partial charge in [-0.3, -0.25) is 14.1 Å². The van der Waals surface area contributed by atoms with Gasteiger partial charge in [-0.25, -0.2) is 4.57 Å². The summed E-state index contributed by atoms with van der Waals surface area (Å²) in [5.74, 6) is -0.970. The lowest BCUT2D eigenvalue weighted by Crippen LogP contribution is -2.29. The minimum atomic E-state index is -4.78. The summed E-state index contributed by atoms with van der Waals surface area (Å²) in [6, 6.07) is 0. The summed E-state index contributed by atoms with van der Waals surface area (Å²) in [4.78, 5) is 42.9. The van der Waals surface area contributed by atoms with Crippen molar-refractivity contribution in [2.45, 2.75) is 161 Å². The SMILES string of the molecule is CC/C=C/C/C=C/C/C=C/C/C=C/C/C=C/CCCCCC(=O)OC[C@H](COP(=O)(O)O)OC(=O)CCCCC/C=C/C/C=C/C/C=C/C/C=C/CCCCC. The molecule has 9 heteroatoms. The molecule has 0 unspecified atom stereocenters. The van der Waals surface area contributed by atoms with Crippen LogP contribution in [0.1, 0.15) is 155 Å². The molecule has 0 rings (SSSR count). The molecule has 0 fully saturated rings. The molecule has 0 aromatic carbocycles. The molecule has 0 radical (unpaired) electrons. The van der Waals surface area contributed by atoms with Crippen LogP contribution in [0.25, 0.3) is 0 Å². The van der Waals surface area contributed by atoms with Gasteiger partial charge in [0.25, 0.3) is 0 Å². The number of allylic oxidation sites excluding steroid dienone is 18. The average molecular weight is 799 g/mol. The Kier molecular flexibility index (Phi) is 38.9.